The summed E-state index contributed by atoms with van der Waals surface area (Å²) >= 11 is 0. The quantitative estimate of drug-likeness (QED) is 0.542. The first-order valence-electron chi connectivity index (χ1n) is 7.34. The van der Waals surface area contributed by atoms with Crippen molar-refractivity contribution < 1.29 is 14.4 Å². The highest BCUT2D eigenvalue weighted by molar-refractivity contribution is 6.05. The number of nitrogens with one attached hydrogen (secondary N) is 2. The van der Waals surface area contributed by atoms with Crippen LogP contribution in [-0.2, 0) is 15.0 Å². The van der Waals surface area contributed by atoms with E-state index in [1.807, 2.05) is 37.3 Å². The van der Waals surface area contributed by atoms with Gasteiger partial charge in [0.25, 0.3) is 0 Å². The average molecular weight is 320 g/mol. The van der Waals surface area contributed by atoms with Crippen LogP contribution in [-0.4, -0.2) is 29.9 Å². The molecule has 1 unspecified atom stereocenters. The lowest BCUT2D eigenvalue weighted by Crippen LogP contribution is -2.56. The molecule has 0 aliphatic rings. The van der Waals surface area contributed by atoms with Crippen LogP contribution in [0.1, 0.15) is 32.8 Å². The Balaban J connectivity index is 2.62. The fourth-order valence-corrected chi connectivity index (χ4v) is 2.50. The Hall–Kier alpha value is -2.57. The normalized spacial score (nSPS) is 12.5. The topological polar surface area (TPSA) is 127 Å². The van der Waals surface area contributed by atoms with Crippen LogP contribution in [0.15, 0.2) is 30.3 Å². The van der Waals surface area contributed by atoms with Crippen LogP contribution in [0.25, 0.3) is 0 Å². The molecule has 7 heteroatoms. The van der Waals surface area contributed by atoms with Crippen molar-refractivity contribution in [3.8, 4) is 0 Å². The van der Waals surface area contributed by atoms with Crippen LogP contribution in [0, 0.1) is 0 Å². The van der Waals surface area contributed by atoms with Gasteiger partial charge in [-0.15, -0.1) is 0 Å². The number of carbonyl (C=O) groups excluding carboxylic acids is 3. The minimum absolute atomic E-state index is 0.152. The molecule has 4 amide bonds. The molecule has 0 fully saturated rings. The van der Waals surface area contributed by atoms with E-state index < -0.39 is 23.9 Å². The highest BCUT2D eigenvalue weighted by atomic mass is 16.2. The van der Waals surface area contributed by atoms with Crippen molar-refractivity contribution in [1.29, 1.82) is 0 Å². The second-order valence-corrected chi connectivity index (χ2v) is 6.21. The maximum absolute atomic E-state index is 11.9. The van der Waals surface area contributed by atoms with Crippen molar-refractivity contribution in [3.63, 3.8) is 0 Å². The van der Waals surface area contributed by atoms with Crippen molar-refractivity contribution in [2.24, 2.45) is 11.5 Å². The van der Waals surface area contributed by atoms with Gasteiger partial charge in [0, 0.05) is 6.04 Å². The Morgan fingerprint density at radius 3 is 2.04 bits per heavy atom. The van der Waals surface area contributed by atoms with Crippen LogP contribution in [0.2, 0.25) is 0 Å². The summed E-state index contributed by atoms with van der Waals surface area (Å²) in [4.78, 5) is 34.0. The van der Waals surface area contributed by atoms with Gasteiger partial charge in [-0.3, -0.25) is 9.59 Å². The first-order chi connectivity index (χ1) is 10.6. The maximum atomic E-state index is 11.9. The number of urea groups is 1. The smallest absolute Gasteiger partial charge is 0.316 e. The summed E-state index contributed by atoms with van der Waals surface area (Å²) in [5, 5.41) is 4.85. The van der Waals surface area contributed by atoms with Crippen molar-refractivity contribution in [3.05, 3.63) is 35.9 Å². The molecule has 0 saturated heterocycles. The minimum atomic E-state index is -1.52. The standard InChI is InChI=1S/C16H24N4O3/c1-10(9-16(2,3)11-7-5-4-6-8-11)19-15(23)20-12(13(17)21)14(18)22/h4-8,10,12H,9H2,1-3H3,(H2,17,21)(H2,18,22)(H2,19,20,23). The summed E-state index contributed by atoms with van der Waals surface area (Å²) in [6, 6.07) is 7.56. The summed E-state index contributed by atoms with van der Waals surface area (Å²) in [5.74, 6) is -1.99. The van der Waals surface area contributed by atoms with E-state index in [1.54, 1.807) is 0 Å². The van der Waals surface area contributed by atoms with Gasteiger partial charge in [-0.25, -0.2) is 4.79 Å². The predicted molar refractivity (Wildman–Crippen MR) is 87.4 cm³/mol. The van der Waals surface area contributed by atoms with Gasteiger partial charge < -0.3 is 22.1 Å². The van der Waals surface area contributed by atoms with Gasteiger partial charge in [0.15, 0.2) is 6.04 Å². The number of hydrogen-bond donors (Lipinski definition) is 4. The molecule has 0 heterocycles. The van der Waals surface area contributed by atoms with Gasteiger partial charge in [0.2, 0.25) is 11.8 Å². The zero-order valence-electron chi connectivity index (χ0n) is 13.6. The van der Waals surface area contributed by atoms with E-state index in [-0.39, 0.29) is 11.5 Å². The molecule has 0 radical (unpaired) electrons. The molecule has 0 spiro atoms. The molecule has 0 bridgehead atoms. The predicted octanol–water partition coefficient (Wildman–Crippen LogP) is 0.381. The highest BCUT2D eigenvalue weighted by Crippen LogP contribution is 2.27. The van der Waals surface area contributed by atoms with Crippen LogP contribution < -0.4 is 22.1 Å². The molecule has 0 aliphatic carbocycles. The minimum Gasteiger partial charge on any atom is -0.367 e. The Kier molecular flexibility index (Phi) is 6.12. The molecule has 23 heavy (non-hydrogen) atoms. The third-order valence-electron chi connectivity index (χ3n) is 3.59. The Morgan fingerprint density at radius 2 is 1.57 bits per heavy atom. The monoisotopic (exact) mass is 320 g/mol. The van der Waals surface area contributed by atoms with Crippen molar-refractivity contribution in [2.75, 3.05) is 0 Å². The van der Waals surface area contributed by atoms with E-state index in [1.165, 1.54) is 0 Å². The molecule has 0 aromatic heterocycles. The second-order valence-electron chi connectivity index (χ2n) is 6.21. The largest absolute Gasteiger partial charge is 0.367 e. The highest BCUT2D eigenvalue weighted by Gasteiger charge is 2.27. The summed E-state index contributed by atoms with van der Waals surface area (Å²) in [6.07, 6.45) is 0.669. The van der Waals surface area contributed by atoms with Gasteiger partial charge in [-0.1, -0.05) is 44.2 Å². The number of hydrogen-bond acceptors (Lipinski definition) is 3. The molecular weight excluding hydrogens is 296 g/mol. The molecule has 6 N–H and O–H groups in total. The molecule has 126 valence electrons. The SMILES string of the molecule is CC(CC(C)(C)c1ccccc1)NC(=O)NC(C(N)=O)C(N)=O. The second kappa shape index (κ2) is 7.62. The zero-order valence-corrected chi connectivity index (χ0v) is 13.6. The summed E-state index contributed by atoms with van der Waals surface area (Å²) < 4.78 is 0. The molecule has 1 atom stereocenters. The van der Waals surface area contributed by atoms with Crippen molar-refractivity contribution in [1.82, 2.24) is 10.6 Å². The van der Waals surface area contributed by atoms with Crippen molar-refractivity contribution >= 4 is 17.8 Å². The van der Waals surface area contributed by atoms with Gasteiger partial charge >= 0.3 is 6.03 Å². The third-order valence-corrected chi connectivity index (χ3v) is 3.59. The molecule has 1 aromatic carbocycles. The molecule has 7 nitrogen and oxygen atoms in total. The Bertz CT molecular complexity index is 558. The van der Waals surface area contributed by atoms with E-state index in [0.29, 0.717) is 6.42 Å². The van der Waals surface area contributed by atoms with Crippen LogP contribution in [0.5, 0.6) is 0 Å². The van der Waals surface area contributed by atoms with Crippen LogP contribution >= 0.6 is 0 Å². The molecule has 0 saturated carbocycles. The van der Waals surface area contributed by atoms with E-state index in [2.05, 4.69) is 24.5 Å². The zero-order chi connectivity index (χ0) is 17.6. The lowest BCUT2D eigenvalue weighted by atomic mass is 9.79. The number of nitrogens with two attached hydrogens (primary N) is 2. The first-order valence-corrected chi connectivity index (χ1v) is 7.34. The van der Waals surface area contributed by atoms with E-state index >= 15 is 0 Å². The molecular formula is C16H24N4O3. The van der Waals surface area contributed by atoms with Crippen molar-refractivity contribution in [2.45, 2.75) is 44.7 Å². The summed E-state index contributed by atoms with van der Waals surface area (Å²) in [5.41, 5.74) is 11.0. The van der Waals surface area contributed by atoms with Gasteiger partial charge in [-0.2, -0.15) is 0 Å². The maximum Gasteiger partial charge on any atom is 0.316 e. The summed E-state index contributed by atoms with van der Waals surface area (Å²) in [7, 11) is 0. The molecule has 1 rings (SSSR count). The fraction of sp³-hybridized carbons (Fsp3) is 0.438. The lowest BCUT2D eigenvalue weighted by molar-refractivity contribution is -0.128. The van der Waals surface area contributed by atoms with Gasteiger partial charge in [0.1, 0.15) is 0 Å². The third kappa shape index (κ3) is 5.61. The number of primary amides is 2. The van der Waals surface area contributed by atoms with Gasteiger partial charge in [0.05, 0.1) is 0 Å². The Morgan fingerprint density at radius 1 is 1.04 bits per heavy atom. The molecule has 0 aliphatic heterocycles. The number of rotatable bonds is 7. The number of amides is 4. The Labute approximate surface area is 135 Å². The van der Waals surface area contributed by atoms with Crippen LogP contribution in [0.3, 0.4) is 0 Å². The van der Waals surface area contributed by atoms with E-state index in [9.17, 15) is 14.4 Å². The average Bonchev–Trinajstić information content (AvgIpc) is 2.44. The van der Waals surface area contributed by atoms with E-state index in [0.717, 1.165) is 5.56 Å². The van der Waals surface area contributed by atoms with E-state index in [4.69, 9.17) is 11.5 Å². The van der Waals surface area contributed by atoms with Crippen LogP contribution in [0.4, 0.5) is 4.79 Å². The van der Waals surface area contributed by atoms with Gasteiger partial charge in [-0.05, 0) is 24.3 Å². The fourth-order valence-electron chi connectivity index (χ4n) is 2.50. The lowest BCUT2D eigenvalue weighted by Gasteiger charge is -2.29. The number of benzene rings is 1. The summed E-state index contributed by atoms with van der Waals surface area (Å²) in [6.45, 7) is 6.00. The first kappa shape index (κ1) is 18.5. The number of carbonyl (C=O) groups is 3. The molecule has 1 aromatic rings.